The number of rotatable bonds is 4. The van der Waals surface area contributed by atoms with E-state index in [2.05, 4.69) is 63.6 Å². The van der Waals surface area contributed by atoms with Gasteiger partial charge in [-0.25, -0.2) is 4.39 Å². The van der Waals surface area contributed by atoms with Crippen molar-refractivity contribution in [3.8, 4) is 0 Å². The first kappa shape index (κ1) is 20.8. The van der Waals surface area contributed by atoms with Crippen LogP contribution < -0.4 is 5.32 Å². The summed E-state index contributed by atoms with van der Waals surface area (Å²) in [5, 5.41) is 3.84. The average Bonchev–Trinajstić information content (AvgIpc) is 2.78. The highest BCUT2D eigenvalue weighted by Gasteiger charge is 2.27. The lowest BCUT2D eigenvalue weighted by Gasteiger charge is -2.40. The Hall–Kier alpha value is -2.47. The zero-order valence-corrected chi connectivity index (χ0v) is 18.0. The Balaban J connectivity index is 1.44. The maximum Gasteiger partial charge on any atom is 0.173 e. The van der Waals surface area contributed by atoms with Crippen molar-refractivity contribution in [1.82, 2.24) is 9.80 Å². The van der Waals surface area contributed by atoms with Gasteiger partial charge in [0.1, 0.15) is 5.82 Å². The molecule has 0 radical (unpaired) electrons. The summed E-state index contributed by atoms with van der Waals surface area (Å²) in [5.41, 5.74) is 3.18. The van der Waals surface area contributed by atoms with Crippen LogP contribution in [-0.2, 0) is 0 Å². The van der Waals surface area contributed by atoms with Crippen molar-refractivity contribution in [2.75, 3.05) is 31.5 Å². The molecule has 154 valence electrons. The van der Waals surface area contributed by atoms with Crippen LogP contribution in [0.25, 0.3) is 0 Å². The van der Waals surface area contributed by atoms with Crippen LogP contribution in [0.2, 0.25) is 5.02 Å². The molecular formula is C24H23ClFN3S. The molecule has 0 atom stereocenters. The Morgan fingerprint density at radius 1 is 0.867 bits per heavy atom. The highest BCUT2D eigenvalue weighted by Crippen LogP contribution is 2.29. The monoisotopic (exact) mass is 439 g/mol. The largest absolute Gasteiger partial charge is 0.346 e. The van der Waals surface area contributed by atoms with E-state index >= 15 is 0 Å². The van der Waals surface area contributed by atoms with Gasteiger partial charge in [-0.15, -0.1) is 0 Å². The maximum absolute atomic E-state index is 13.7. The summed E-state index contributed by atoms with van der Waals surface area (Å²) < 4.78 is 13.7. The fourth-order valence-electron chi connectivity index (χ4n) is 3.84. The summed E-state index contributed by atoms with van der Waals surface area (Å²) in [6, 6.07) is 26.0. The van der Waals surface area contributed by atoms with Crippen LogP contribution in [0.15, 0.2) is 78.9 Å². The molecule has 0 unspecified atom stereocenters. The summed E-state index contributed by atoms with van der Waals surface area (Å²) in [5.74, 6) is -0.456. The number of hydrogen-bond donors (Lipinski definition) is 1. The van der Waals surface area contributed by atoms with Crippen LogP contribution in [0.3, 0.4) is 0 Å². The SMILES string of the molecule is Fc1cc(NC(=S)N2CCN(C(c3ccccc3)c3ccccc3)CC2)ccc1Cl. The van der Waals surface area contributed by atoms with Crippen molar-refractivity contribution in [3.05, 3.63) is 101 Å². The number of anilines is 1. The first-order valence-corrected chi connectivity index (χ1v) is 10.8. The normalized spacial score (nSPS) is 14.7. The molecule has 3 aromatic carbocycles. The van der Waals surface area contributed by atoms with Crippen molar-refractivity contribution in [3.63, 3.8) is 0 Å². The summed E-state index contributed by atoms with van der Waals surface area (Å²) in [6.07, 6.45) is 0. The molecule has 3 aromatic rings. The van der Waals surface area contributed by atoms with Crippen LogP contribution in [0, 0.1) is 5.82 Å². The molecule has 0 aromatic heterocycles. The summed E-state index contributed by atoms with van der Waals surface area (Å²) in [4.78, 5) is 4.62. The standard InChI is InChI=1S/C24H23ClFN3S/c25-21-12-11-20(17-22(21)26)27-24(30)29-15-13-28(14-16-29)23(18-7-3-1-4-8-18)19-9-5-2-6-10-19/h1-12,17,23H,13-16H2,(H,27,30). The lowest BCUT2D eigenvalue weighted by atomic mass is 9.96. The molecule has 0 bridgehead atoms. The van der Waals surface area contributed by atoms with Crippen LogP contribution in [0.5, 0.6) is 0 Å². The third-order valence-corrected chi connectivity index (χ3v) is 6.03. The minimum Gasteiger partial charge on any atom is -0.346 e. The van der Waals surface area contributed by atoms with Crippen molar-refractivity contribution in [2.45, 2.75) is 6.04 Å². The fourth-order valence-corrected chi connectivity index (χ4v) is 4.26. The zero-order valence-electron chi connectivity index (χ0n) is 16.5. The molecule has 4 rings (SSSR count). The van der Waals surface area contributed by atoms with Gasteiger partial charge in [0.05, 0.1) is 11.1 Å². The van der Waals surface area contributed by atoms with Crippen molar-refractivity contribution < 1.29 is 4.39 Å². The van der Waals surface area contributed by atoms with Gasteiger partial charge in [0, 0.05) is 31.9 Å². The zero-order chi connectivity index (χ0) is 20.9. The highest BCUT2D eigenvalue weighted by molar-refractivity contribution is 7.80. The molecule has 6 heteroatoms. The van der Waals surface area contributed by atoms with Crippen LogP contribution in [-0.4, -0.2) is 41.1 Å². The topological polar surface area (TPSA) is 18.5 Å². The number of nitrogens with one attached hydrogen (secondary N) is 1. The molecule has 1 saturated heterocycles. The van der Waals surface area contributed by atoms with Crippen LogP contribution in [0.1, 0.15) is 17.2 Å². The fraction of sp³-hybridized carbons (Fsp3) is 0.208. The molecule has 0 spiro atoms. The van der Waals surface area contributed by atoms with E-state index in [1.807, 2.05) is 12.1 Å². The van der Waals surface area contributed by atoms with Gasteiger partial charge in [-0.05, 0) is 41.5 Å². The molecule has 3 nitrogen and oxygen atoms in total. The molecule has 0 saturated carbocycles. The minimum absolute atomic E-state index is 0.105. The van der Waals surface area contributed by atoms with E-state index in [9.17, 15) is 4.39 Å². The number of benzene rings is 3. The molecule has 1 fully saturated rings. The Morgan fingerprint density at radius 2 is 1.43 bits per heavy atom. The lowest BCUT2D eigenvalue weighted by molar-refractivity contribution is 0.151. The van der Waals surface area contributed by atoms with Crippen molar-refractivity contribution in [1.29, 1.82) is 0 Å². The average molecular weight is 440 g/mol. The second kappa shape index (κ2) is 9.56. The number of hydrogen-bond acceptors (Lipinski definition) is 2. The number of halogens is 2. The quantitative estimate of drug-likeness (QED) is 0.534. The number of nitrogens with zero attached hydrogens (tertiary/aromatic N) is 2. The third-order valence-electron chi connectivity index (χ3n) is 5.37. The van der Waals surface area contributed by atoms with Crippen molar-refractivity contribution >= 4 is 34.6 Å². The van der Waals surface area contributed by atoms with E-state index < -0.39 is 5.82 Å². The van der Waals surface area contributed by atoms with E-state index in [1.54, 1.807) is 6.07 Å². The maximum atomic E-state index is 13.7. The smallest absolute Gasteiger partial charge is 0.173 e. The molecule has 1 aliphatic rings. The highest BCUT2D eigenvalue weighted by atomic mass is 35.5. The molecule has 0 aliphatic carbocycles. The van der Waals surface area contributed by atoms with Gasteiger partial charge in [-0.3, -0.25) is 4.90 Å². The van der Waals surface area contributed by atoms with Gasteiger partial charge in [0.15, 0.2) is 5.11 Å². The molecule has 1 N–H and O–H groups in total. The van der Waals surface area contributed by atoms with E-state index in [1.165, 1.54) is 23.3 Å². The van der Waals surface area contributed by atoms with E-state index in [0.29, 0.717) is 10.8 Å². The van der Waals surface area contributed by atoms with Gasteiger partial charge in [0.25, 0.3) is 0 Å². The third kappa shape index (κ3) is 4.81. The van der Waals surface area contributed by atoms with Gasteiger partial charge in [-0.1, -0.05) is 72.3 Å². The second-order valence-electron chi connectivity index (χ2n) is 7.31. The van der Waals surface area contributed by atoms with E-state index in [4.69, 9.17) is 23.8 Å². The first-order valence-electron chi connectivity index (χ1n) is 9.97. The van der Waals surface area contributed by atoms with E-state index in [0.717, 1.165) is 26.2 Å². The van der Waals surface area contributed by atoms with Gasteiger partial charge < -0.3 is 10.2 Å². The van der Waals surface area contributed by atoms with E-state index in [-0.39, 0.29) is 11.1 Å². The molecule has 30 heavy (non-hydrogen) atoms. The summed E-state index contributed by atoms with van der Waals surface area (Å²) in [7, 11) is 0. The minimum atomic E-state index is -0.456. The molecule has 1 heterocycles. The van der Waals surface area contributed by atoms with Gasteiger partial charge in [-0.2, -0.15) is 0 Å². The number of thiocarbonyl (C=S) groups is 1. The van der Waals surface area contributed by atoms with Crippen LogP contribution in [0.4, 0.5) is 10.1 Å². The predicted octanol–water partition coefficient (Wildman–Crippen LogP) is 5.58. The summed E-state index contributed by atoms with van der Waals surface area (Å²) >= 11 is 11.3. The Kier molecular flexibility index (Phi) is 6.62. The van der Waals surface area contributed by atoms with Gasteiger partial charge in [0.2, 0.25) is 0 Å². The molecule has 1 aliphatic heterocycles. The first-order chi connectivity index (χ1) is 14.6. The summed E-state index contributed by atoms with van der Waals surface area (Å²) in [6.45, 7) is 3.37. The Bertz CT molecular complexity index is 952. The van der Waals surface area contributed by atoms with Crippen molar-refractivity contribution in [2.24, 2.45) is 0 Å². The molecule has 0 amide bonds. The van der Waals surface area contributed by atoms with Gasteiger partial charge >= 0.3 is 0 Å². The Labute approximate surface area is 187 Å². The van der Waals surface area contributed by atoms with Crippen LogP contribution >= 0.6 is 23.8 Å². The lowest BCUT2D eigenvalue weighted by Crippen LogP contribution is -2.50. The second-order valence-corrected chi connectivity index (χ2v) is 8.10. The predicted molar refractivity (Wildman–Crippen MR) is 126 cm³/mol. The Morgan fingerprint density at radius 3 is 1.97 bits per heavy atom. The number of piperazine rings is 1. The molecular weight excluding hydrogens is 417 g/mol.